The molecule has 1 aromatic carbocycles. The van der Waals surface area contributed by atoms with E-state index in [0.29, 0.717) is 0 Å². The zero-order chi connectivity index (χ0) is 13.4. The monoisotopic (exact) mass is 318 g/mol. The number of fused-ring (bicyclic) bond motifs is 1. The SMILES string of the molecule is Cc1cc2c(n1Cc1ccc(Br)cc1)CCCC2N. The van der Waals surface area contributed by atoms with E-state index >= 15 is 0 Å². The molecule has 2 aromatic rings. The van der Waals surface area contributed by atoms with Crippen molar-refractivity contribution in [2.75, 3.05) is 0 Å². The molecule has 2 nitrogen and oxygen atoms in total. The quantitative estimate of drug-likeness (QED) is 0.893. The van der Waals surface area contributed by atoms with E-state index in [0.717, 1.165) is 23.9 Å². The van der Waals surface area contributed by atoms with E-state index < -0.39 is 0 Å². The number of nitrogens with two attached hydrogens (primary N) is 1. The predicted octanol–water partition coefficient (Wildman–Crippen LogP) is 3.94. The van der Waals surface area contributed by atoms with Gasteiger partial charge in [-0.3, -0.25) is 0 Å². The Morgan fingerprint density at radius 2 is 2.05 bits per heavy atom. The van der Waals surface area contributed by atoms with Crippen LogP contribution < -0.4 is 5.73 Å². The van der Waals surface area contributed by atoms with Crippen LogP contribution in [-0.4, -0.2) is 4.57 Å². The lowest BCUT2D eigenvalue weighted by Crippen LogP contribution is -2.18. The van der Waals surface area contributed by atoms with Crippen molar-refractivity contribution in [1.29, 1.82) is 0 Å². The summed E-state index contributed by atoms with van der Waals surface area (Å²) in [5, 5.41) is 0. The molecule has 1 aliphatic rings. The summed E-state index contributed by atoms with van der Waals surface area (Å²) in [6.07, 6.45) is 3.49. The second-order valence-electron chi connectivity index (χ2n) is 5.40. The Morgan fingerprint density at radius 1 is 1.32 bits per heavy atom. The summed E-state index contributed by atoms with van der Waals surface area (Å²) in [6, 6.07) is 11.1. The van der Waals surface area contributed by atoms with Crippen molar-refractivity contribution in [1.82, 2.24) is 4.57 Å². The van der Waals surface area contributed by atoms with Gasteiger partial charge >= 0.3 is 0 Å². The molecule has 1 aliphatic carbocycles. The summed E-state index contributed by atoms with van der Waals surface area (Å²) in [6.45, 7) is 3.13. The Bertz CT molecular complexity index is 584. The highest BCUT2D eigenvalue weighted by atomic mass is 79.9. The molecule has 100 valence electrons. The zero-order valence-corrected chi connectivity index (χ0v) is 12.8. The van der Waals surface area contributed by atoms with Gasteiger partial charge in [0.05, 0.1) is 0 Å². The highest BCUT2D eigenvalue weighted by molar-refractivity contribution is 9.10. The lowest BCUT2D eigenvalue weighted by Gasteiger charge is -2.21. The number of aryl methyl sites for hydroxylation is 1. The van der Waals surface area contributed by atoms with Crippen molar-refractivity contribution in [2.45, 2.75) is 38.8 Å². The fourth-order valence-corrected chi connectivity index (χ4v) is 3.26. The molecule has 0 saturated heterocycles. The second kappa shape index (κ2) is 5.14. The molecule has 0 fully saturated rings. The molecule has 19 heavy (non-hydrogen) atoms. The van der Waals surface area contributed by atoms with Crippen LogP contribution in [-0.2, 0) is 13.0 Å². The summed E-state index contributed by atoms with van der Waals surface area (Å²) < 4.78 is 3.56. The summed E-state index contributed by atoms with van der Waals surface area (Å²) >= 11 is 3.48. The highest BCUT2D eigenvalue weighted by Crippen LogP contribution is 2.31. The van der Waals surface area contributed by atoms with Crippen LogP contribution in [0.2, 0.25) is 0 Å². The number of benzene rings is 1. The first kappa shape index (κ1) is 12.9. The Labute approximate surface area is 122 Å². The van der Waals surface area contributed by atoms with Gasteiger partial charge < -0.3 is 10.3 Å². The van der Waals surface area contributed by atoms with Gasteiger partial charge in [0, 0.05) is 28.4 Å². The van der Waals surface area contributed by atoms with Gasteiger partial charge in [-0.25, -0.2) is 0 Å². The molecule has 1 atom stereocenters. The third-order valence-corrected chi connectivity index (χ3v) is 4.56. The topological polar surface area (TPSA) is 30.9 Å². The van der Waals surface area contributed by atoms with E-state index in [4.69, 9.17) is 5.73 Å². The Balaban J connectivity index is 1.95. The standard InChI is InChI=1S/C16H19BrN2/c1-11-9-14-15(18)3-2-4-16(14)19(11)10-12-5-7-13(17)8-6-12/h5-9,15H,2-4,10,18H2,1H3. The second-order valence-corrected chi connectivity index (χ2v) is 6.31. The van der Waals surface area contributed by atoms with E-state index in [1.807, 2.05) is 0 Å². The molecule has 0 radical (unpaired) electrons. The molecular formula is C16H19BrN2. The van der Waals surface area contributed by atoms with Crippen LogP contribution in [0, 0.1) is 6.92 Å². The van der Waals surface area contributed by atoms with E-state index in [-0.39, 0.29) is 6.04 Å². The maximum atomic E-state index is 6.22. The molecule has 1 unspecified atom stereocenters. The summed E-state index contributed by atoms with van der Waals surface area (Å²) in [7, 11) is 0. The number of aromatic nitrogens is 1. The fourth-order valence-electron chi connectivity index (χ4n) is 2.99. The van der Waals surface area contributed by atoms with E-state index in [2.05, 4.69) is 57.8 Å². The van der Waals surface area contributed by atoms with Crippen molar-refractivity contribution in [3.8, 4) is 0 Å². The van der Waals surface area contributed by atoms with E-state index in [1.165, 1.54) is 28.9 Å². The third-order valence-electron chi connectivity index (χ3n) is 4.03. The van der Waals surface area contributed by atoms with Crippen molar-refractivity contribution < 1.29 is 0 Å². The van der Waals surface area contributed by atoms with Crippen LogP contribution in [0.5, 0.6) is 0 Å². The van der Waals surface area contributed by atoms with E-state index in [1.54, 1.807) is 0 Å². The molecule has 3 rings (SSSR count). The van der Waals surface area contributed by atoms with Crippen LogP contribution in [0.15, 0.2) is 34.8 Å². The first-order valence-electron chi connectivity index (χ1n) is 6.84. The molecule has 1 aromatic heterocycles. The van der Waals surface area contributed by atoms with Crippen molar-refractivity contribution in [2.24, 2.45) is 5.73 Å². The van der Waals surface area contributed by atoms with Gasteiger partial charge in [0.25, 0.3) is 0 Å². The molecular weight excluding hydrogens is 300 g/mol. The fraction of sp³-hybridized carbons (Fsp3) is 0.375. The Morgan fingerprint density at radius 3 is 2.79 bits per heavy atom. The zero-order valence-electron chi connectivity index (χ0n) is 11.2. The summed E-state index contributed by atoms with van der Waals surface area (Å²) in [5.41, 5.74) is 11.7. The van der Waals surface area contributed by atoms with Crippen molar-refractivity contribution in [3.05, 3.63) is 57.3 Å². The number of nitrogens with zero attached hydrogens (tertiary/aromatic N) is 1. The van der Waals surface area contributed by atoms with Crippen molar-refractivity contribution >= 4 is 15.9 Å². The van der Waals surface area contributed by atoms with Gasteiger partial charge in [0.1, 0.15) is 0 Å². The number of hydrogen-bond donors (Lipinski definition) is 1. The first-order valence-corrected chi connectivity index (χ1v) is 7.63. The maximum absolute atomic E-state index is 6.22. The van der Waals surface area contributed by atoms with Gasteiger partial charge in [0.15, 0.2) is 0 Å². The Kier molecular flexibility index (Phi) is 3.50. The molecule has 0 saturated carbocycles. The number of halogens is 1. The van der Waals surface area contributed by atoms with Crippen LogP contribution >= 0.6 is 15.9 Å². The van der Waals surface area contributed by atoms with Gasteiger partial charge in [-0.2, -0.15) is 0 Å². The lowest BCUT2D eigenvalue weighted by molar-refractivity contribution is 0.546. The van der Waals surface area contributed by atoms with Crippen molar-refractivity contribution in [3.63, 3.8) is 0 Å². The molecule has 2 N–H and O–H groups in total. The van der Waals surface area contributed by atoms with Crippen LogP contribution in [0.25, 0.3) is 0 Å². The summed E-state index contributed by atoms with van der Waals surface area (Å²) in [4.78, 5) is 0. The van der Waals surface area contributed by atoms with E-state index in [9.17, 15) is 0 Å². The van der Waals surface area contributed by atoms with Gasteiger partial charge in [-0.05, 0) is 55.5 Å². The molecule has 0 bridgehead atoms. The molecule has 1 heterocycles. The van der Waals surface area contributed by atoms with Crippen LogP contribution in [0.3, 0.4) is 0 Å². The van der Waals surface area contributed by atoms with Crippen LogP contribution in [0.1, 0.15) is 41.4 Å². The normalized spacial score (nSPS) is 18.4. The largest absolute Gasteiger partial charge is 0.344 e. The van der Waals surface area contributed by atoms with Gasteiger partial charge in [-0.15, -0.1) is 0 Å². The molecule has 0 spiro atoms. The molecule has 0 amide bonds. The minimum Gasteiger partial charge on any atom is -0.344 e. The van der Waals surface area contributed by atoms with Crippen LogP contribution in [0.4, 0.5) is 0 Å². The average molecular weight is 319 g/mol. The molecule has 0 aliphatic heterocycles. The number of hydrogen-bond acceptors (Lipinski definition) is 1. The molecule has 3 heteroatoms. The predicted molar refractivity (Wildman–Crippen MR) is 82.3 cm³/mol. The Hall–Kier alpha value is -1.06. The third kappa shape index (κ3) is 2.49. The first-order chi connectivity index (χ1) is 9.15. The number of rotatable bonds is 2. The maximum Gasteiger partial charge on any atom is 0.0475 e. The van der Waals surface area contributed by atoms with Gasteiger partial charge in [-0.1, -0.05) is 28.1 Å². The summed E-state index contributed by atoms with van der Waals surface area (Å²) in [5.74, 6) is 0. The smallest absolute Gasteiger partial charge is 0.0475 e. The lowest BCUT2D eigenvalue weighted by atomic mass is 9.93. The average Bonchev–Trinajstić information content (AvgIpc) is 2.71. The minimum atomic E-state index is 0.230. The van der Waals surface area contributed by atoms with Gasteiger partial charge in [0.2, 0.25) is 0 Å². The minimum absolute atomic E-state index is 0.230. The highest BCUT2D eigenvalue weighted by Gasteiger charge is 2.21.